The second-order valence-corrected chi connectivity index (χ2v) is 3.68. The molecule has 0 aliphatic carbocycles. The largest absolute Gasteiger partial charge is 0.320 e. The van der Waals surface area contributed by atoms with Crippen LogP contribution in [-0.4, -0.2) is 38.1 Å². The zero-order valence-electron chi connectivity index (χ0n) is 7.77. The SMILES string of the molecule is CNCCCCN1CC(C)C1. The van der Waals surface area contributed by atoms with Gasteiger partial charge in [0.15, 0.2) is 0 Å². The van der Waals surface area contributed by atoms with E-state index in [0.717, 1.165) is 5.92 Å². The quantitative estimate of drug-likeness (QED) is 0.596. The summed E-state index contributed by atoms with van der Waals surface area (Å²) in [5.74, 6) is 0.958. The van der Waals surface area contributed by atoms with Crippen molar-refractivity contribution in [3.63, 3.8) is 0 Å². The predicted molar refractivity (Wildman–Crippen MR) is 48.8 cm³/mol. The molecule has 0 aromatic rings. The number of nitrogens with one attached hydrogen (secondary N) is 1. The second kappa shape index (κ2) is 4.73. The average molecular weight is 156 g/mol. The van der Waals surface area contributed by atoms with Gasteiger partial charge in [-0.3, -0.25) is 0 Å². The fourth-order valence-corrected chi connectivity index (χ4v) is 1.65. The molecule has 0 amide bonds. The fraction of sp³-hybridized carbons (Fsp3) is 1.00. The van der Waals surface area contributed by atoms with Gasteiger partial charge in [-0.1, -0.05) is 6.92 Å². The van der Waals surface area contributed by atoms with E-state index in [1.165, 1.54) is 39.0 Å². The Hall–Kier alpha value is -0.0800. The maximum absolute atomic E-state index is 3.17. The lowest BCUT2D eigenvalue weighted by atomic mass is 10.0. The Bertz CT molecular complexity index is 97.7. The molecule has 1 rings (SSSR count). The van der Waals surface area contributed by atoms with E-state index in [9.17, 15) is 0 Å². The van der Waals surface area contributed by atoms with Crippen LogP contribution in [0.5, 0.6) is 0 Å². The van der Waals surface area contributed by atoms with Crippen molar-refractivity contribution in [1.29, 1.82) is 0 Å². The van der Waals surface area contributed by atoms with Crippen molar-refractivity contribution >= 4 is 0 Å². The maximum Gasteiger partial charge on any atom is 0.00194 e. The van der Waals surface area contributed by atoms with E-state index in [1.807, 2.05) is 7.05 Å². The van der Waals surface area contributed by atoms with Gasteiger partial charge in [-0.05, 0) is 38.9 Å². The summed E-state index contributed by atoms with van der Waals surface area (Å²) >= 11 is 0. The van der Waals surface area contributed by atoms with E-state index in [0.29, 0.717) is 0 Å². The van der Waals surface area contributed by atoms with Crippen molar-refractivity contribution in [2.75, 3.05) is 33.2 Å². The maximum atomic E-state index is 3.17. The molecule has 1 saturated heterocycles. The van der Waals surface area contributed by atoms with Crippen LogP contribution in [0.25, 0.3) is 0 Å². The van der Waals surface area contributed by atoms with Crippen LogP contribution in [0.4, 0.5) is 0 Å². The standard InChI is InChI=1S/C9H20N2/c1-9-7-11(8-9)6-4-3-5-10-2/h9-10H,3-8H2,1-2H3. The number of rotatable bonds is 5. The molecule has 1 N–H and O–H groups in total. The molecule has 1 heterocycles. The van der Waals surface area contributed by atoms with E-state index in [4.69, 9.17) is 0 Å². The molecule has 0 atom stereocenters. The molecule has 2 nitrogen and oxygen atoms in total. The Morgan fingerprint density at radius 2 is 2.09 bits per heavy atom. The van der Waals surface area contributed by atoms with Crippen molar-refractivity contribution in [3.05, 3.63) is 0 Å². The van der Waals surface area contributed by atoms with Gasteiger partial charge in [0.25, 0.3) is 0 Å². The summed E-state index contributed by atoms with van der Waals surface area (Å²) in [7, 11) is 2.02. The molecule has 0 spiro atoms. The first kappa shape index (κ1) is 9.01. The first-order valence-corrected chi connectivity index (χ1v) is 4.70. The smallest absolute Gasteiger partial charge is 0.00194 e. The number of hydrogen-bond acceptors (Lipinski definition) is 2. The van der Waals surface area contributed by atoms with Gasteiger partial charge in [0, 0.05) is 13.1 Å². The molecule has 1 fully saturated rings. The Balaban J connectivity index is 1.81. The predicted octanol–water partition coefficient (Wildman–Crippen LogP) is 0.938. The molecule has 1 aliphatic rings. The van der Waals surface area contributed by atoms with Gasteiger partial charge in [-0.25, -0.2) is 0 Å². The Kier molecular flexibility index (Phi) is 3.87. The molecule has 66 valence electrons. The van der Waals surface area contributed by atoms with Crippen molar-refractivity contribution in [3.8, 4) is 0 Å². The number of nitrogens with zero attached hydrogens (tertiary/aromatic N) is 1. The Labute approximate surface area is 70.0 Å². The molecular weight excluding hydrogens is 136 g/mol. The van der Waals surface area contributed by atoms with Crippen LogP contribution >= 0.6 is 0 Å². The number of unbranched alkanes of at least 4 members (excludes halogenated alkanes) is 1. The van der Waals surface area contributed by atoms with E-state index in [2.05, 4.69) is 17.1 Å². The van der Waals surface area contributed by atoms with Crippen LogP contribution in [-0.2, 0) is 0 Å². The highest BCUT2D eigenvalue weighted by atomic mass is 15.2. The number of hydrogen-bond donors (Lipinski definition) is 1. The summed E-state index contributed by atoms with van der Waals surface area (Å²) < 4.78 is 0. The summed E-state index contributed by atoms with van der Waals surface area (Å²) in [6.07, 6.45) is 2.68. The summed E-state index contributed by atoms with van der Waals surface area (Å²) in [5.41, 5.74) is 0. The summed E-state index contributed by atoms with van der Waals surface area (Å²) in [6.45, 7) is 7.47. The van der Waals surface area contributed by atoms with Gasteiger partial charge in [0.05, 0.1) is 0 Å². The molecule has 0 aromatic carbocycles. The van der Waals surface area contributed by atoms with Gasteiger partial charge < -0.3 is 10.2 Å². The Morgan fingerprint density at radius 3 is 2.64 bits per heavy atom. The summed E-state index contributed by atoms with van der Waals surface area (Å²) in [6, 6.07) is 0. The third-order valence-corrected chi connectivity index (χ3v) is 2.29. The molecule has 0 saturated carbocycles. The minimum absolute atomic E-state index is 0.958. The van der Waals surface area contributed by atoms with Crippen molar-refractivity contribution in [2.45, 2.75) is 19.8 Å². The highest BCUT2D eigenvalue weighted by molar-refractivity contribution is 4.75. The van der Waals surface area contributed by atoms with Crippen LogP contribution in [0, 0.1) is 5.92 Å². The van der Waals surface area contributed by atoms with Crippen LogP contribution in [0.15, 0.2) is 0 Å². The van der Waals surface area contributed by atoms with Gasteiger partial charge in [0.1, 0.15) is 0 Å². The lowest BCUT2D eigenvalue weighted by molar-refractivity contribution is 0.111. The molecule has 0 aromatic heterocycles. The monoisotopic (exact) mass is 156 g/mol. The zero-order chi connectivity index (χ0) is 8.10. The molecule has 11 heavy (non-hydrogen) atoms. The van der Waals surface area contributed by atoms with Gasteiger partial charge in [-0.15, -0.1) is 0 Å². The average Bonchev–Trinajstić information content (AvgIpc) is 1.94. The van der Waals surface area contributed by atoms with Gasteiger partial charge >= 0.3 is 0 Å². The minimum atomic E-state index is 0.958. The normalized spacial score (nSPS) is 20.2. The topological polar surface area (TPSA) is 15.3 Å². The third kappa shape index (κ3) is 3.21. The van der Waals surface area contributed by atoms with Crippen LogP contribution in [0.3, 0.4) is 0 Å². The lowest BCUT2D eigenvalue weighted by Gasteiger charge is -2.37. The summed E-state index contributed by atoms with van der Waals surface area (Å²) in [5, 5.41) is 3.17. The lowest BCUT2D eigenvalue weighted by Crippen LogP contribution is -2.45. The molecule has 0 radical (unpaired) electrons. The highest BCUT2D eigenvalue weighted by Crippen LogP contribution is 2.13. The van der Waals surface area contributed by atoms with E-state index < -0.39 is 0 Å². The third-order valence-electron chi connectivity index (χ3n) is 2.29. The zero-order valence-corrected chi connectivity index (χ0v) is 7.77. The first-order valence-electron chi connectivity index (χ1n) is 4.70. The van der Waals surface area contributed by atoms with E-state index in [-0.39, 0.29) is 0 Å². The van der Waals surface area contributed by atoms with E-state index >= 15 is 0 Å². The van der Waals surface area contributed by atoms with Crippen LogP contribution in [0.1, 0.15) is 19.8 Å². The molecular formula is C9H20N2. The number of likely N-dealkylation sites (tertiary alicyclic amines) is 1. The molecule has 1 aliphatic heterocycles. The molecule has 2 heteroatoms. The van der Waals surface area contributed by atoms with Crippen molar-refractivity contribution in [2.24, 2.45) is 5.92 Å². The first-order chi connectivity index (χ1) is 5.33. The van der Waals surface area contributed by atoms with Crippen LogP contribution < -0.4 is 5.32 Å². The second-order valence-electron chi connectivity index (χ2n) is 3.68. The van der Waals surface area contributed by atoms with Crippen molar-refractivity contribution < 1.29 is 0 Å². The van der Waals surface area contributed by atoms with Crippen LogP contribution in [0.2, 0.25) is 0 Å². The summed E-state index contributed by atoms with van der Waals surface area (Å²) in [4.78, 5) is 2.54. The highest BCUT2D eigenvalue weighted by Gasteiger charge is 2.20. The van der Waals surface area contributed by atoms with Gasteiger partial charge in [0.2, 0.25) is 0 Å². The Morgan fingerprint density at radius 1 is 1.36 bits per heavy atom. The molecule has 0 bridgehead atoms. The molecule has 0 unspecified atom stereocenters. The van der Waals surface area contributed by atoms with E-state index in [1.54, 1.807) is 0 Å². The fourth-order valence-electron chi connectivity index (χ4n) is 1.65. The van der Waals surface area contributed by atoms with Crippen molar-refractivity contribution in [1.82, 2.24) is 10.2 Å². The minimum Gasteiger partial charge on any atom is -0.320 e. The van der Waals surface area contributed by atoms with Gasteiger partial charge in [-0.2, -0.15) is 0 Å².